The minimum absolute atomic E-state index is 0.00271. The number of hydrogen-bond donors (Lipinski definition) is 0. The molecule has 0 aromatic heterocycles. The fourth-order valence-corrected chi connectivity index (χ4v) is 3.85. The molecule has 2 atom stereocenters. The highest BCUT2D eigenvalue weighted by Gasteiger charge is 2.38. The van der Waals surface area contributed by atoms with Crippen LogP contribution >= 0.6 is 0 Å². The minimum atomic E-state index is -0.0165. The van der Waals surface area contributed by atoms with Crippen molar-refractivity contribution >= 4 is 5.91 Å². The molecule has 0 bridgehead atoms. The molecule has 1 saturated heterocycles. The zero-order valence-corrected chi connectivity index (χ0v) is 16.0. The van der Waals surface area contributed by atoms with Crippen LogP contribution in [0.4, 0.5) is 0 Å². The SMILES string of the molecule is COCCO[C@@H]1CCN(C(=O)c2ccc3c(c2)OCO3)[C@H]1Cc1ccccc1. The maximum atomic E-state index is 13.3. The third kappa shape index (κ3) is 3.98. The fraction of sp³-hybridized carbons (Fsp3) is 0.409. The summed E-state index contributed by atoms with van der Waals surface area (Å²) in [4.78, 5) is 15.2. The van der Waals surface area contributed by atoms with Crippen LogP contribution in [0.25, 0.3) is 0 Å². The molecule has 1 amide bonds. The Kier molecular flexibility index (Phi) is 5.78. The molecule has 2 heterocycles. The molecule has 2 aliphatic heterocycles. The monoisotopic (exact) mass is 383 g/mol. The summed E-state index contributed by atoms with van der Waals surface area (Å²) in [5, 5.41) is 0. The van der Waals surface area contributed by atoms with Crippen LogP contribution in [0.2, 0.25) is 0 Å². The van der Waals surface area contributed by atoms with Crippen molar-refractivity contribution in [2.75, 3.05) is 33.7 Å². The molecule has 2 aliphatic rings. The Labute approximate surface area is 165 Å². The number of ether oxygens (including phenoxy) is 4. The van der Waals surface area contributed by atoms with Gasteiger partial charge in [0.25, 0.3) is 5.91 Å². The largest absolute Gasteiger partial charge is 0.454 e. The molecular formula is C22H25NO5. The molecule has 1 fully saturated rings. The van der Waals surface area contributed by atoms with E-state index in [1.807, 2.05) is 23.1 Å². The van der Waals surface area contributed by atoms with Gasteiger partial charge in [0.1, 0.15) is 0 Å². The van der Waals surface area contributed by atoms with Crippen molar-refractivity contribution in [3.8, 4) is 11.5 Å². The second-order valence-corrected chi connectivity index (χ2v) is 7.01. The summed E-state index contributed by atoms with van der Waals surface area (Å²) in [5.74, 6) is 1.30. The molecule has 0 spiro atoms. The van der Waals surface area contributed by atoms with E-state index < -0.39 is 0 Å². The summed E-state index contributed by atoms with van der Waals surface area (Å²) >= 11 is 0. The van der Waals surface area contributed by atoms with E-state index in [9.17, 15) is 4.79 Å². The lowest BCUT2D eigenvalue weighted by molar-refractivity contribution is 0.000493. The van der Waals surface area contributed by atoms with E-state index in [0.29, 0.717) is 36.8 Å². The van der Waals surface area contributed by atoms with Gasteiger partial charge in [0, 0.05) is 19.2 Å². The van der Waals surface area contributed by atoms with Gasteiger partial charge in [-0.05, 0) is 36.6 Å². The molecule has 148 valence electrons. The van der Waals surface area contributed by atoms with Crippen LogP contribution in [0.1, 0.15) is 22.3 Å². The third-order valence-electron chi connectivity index (χ3n) is 5.27. The standard InChI is InChI=1S/C22H25NO5/c1-25-11-12-26-19-9-10-23(18(19)13-16-5-3-2-4-6-16)22(24)17-7-8-20-21(14-17)28-15-27-20/h2-8,14,18-19H,9-13,15H2,1H3/t18-,19+/m0/s1. The Morgan fingerprint density at radius 2 is 1.93 bits per heavy atom. The van der Waals surface area contributed by atoms with Crippen molar-refractivity contribution < 1.29 is 23.7 Å². The third-order valence-corrected chi connectivity index (χ3v) is 5.27. The number of amides is 1. The normalized spacial score (nSPS) is 20.5. The molecule has 0 aliphatic carbocycles. The number of rotatable bonds is 7. The second-order valence-electron chi connectivity index (χ2n) is 7.01. The van der Waals surface area contributed by atoms with E-state index >= 15 is 0 Å². The van der Waals surface area contributed by atoms with Gasteiger partial charge in [-0.3, -0.25) is 4.79 Å². The first-order valence-electron chi connectivity index (χ1n) is 9.61. The number of likely N-dealkylation sites (tertiary alicyclic amines) is 1. The van der Waals surface area contributed by atoms with Gasteiger partial charge in [-0.15, -0.1) is 0 Å². The molecule has 0 unspecified atom stereocenters. The maximum absolute atomic E-state index is 13.3. The topological polar surface area (TPSA) is 57.2 Å². The van der Waals surface area contributed by atoms with Gasteiger partial charge in [0.05, 0.1) is 25.4 Å². The van der Waals surface area contributed by atoms with Gasteiger partial charge < -0.3 is 23.8 Å². The Bertz CT molecular complexity index is 810. The number of carbonyl (C=O) groups excluding carboxylic acids is 1. The summed E-state index contributed by atoms with van der Waals surface area (Å²) < 4.78 is 21.9. The Morgan fingerprint density at radius 3 is 2.75 bits per heavy atom. The average Bonchev–Trinajstić information content (AvgIpc) is 3.35. The molecule has 6 nitrogen and oxygen atoms in total. The lowest BCUT2D eigenvalue weighted by atomic mass is 10.0. The van der Waals surface area contributed by atoms with Gasteiger partial charge in [0.15, 0.2) is 11.5 Å². The molecule has 28 heavy (non-hydrogen) atoms. The van der Waals surface area contributed by atoms with Crippen molar-refractivity contribution in [3.63, 3.8) is 0 Å². The van der Waals surface area contributed by atoms with Crippen molar-refractivity contribution in [1.29, 1.82) is 0 Å². The molecule has 0 saturated carbocycles. The van der Waals surface area contributed by atoms with Crippen LogP contribution in [-0.2, 0) is 15.9 Å². The predicted molar refractivity (Wildman–Crippen MR) is 104 cm³/mol. The number of hydrogen-bond acceptors (Lipinski definition) is 5. The van der Waals surface area contributed by atoms with Gasteiger partial charge in [-0.1, -0.05) is 30.3 Å². The predicted octanol–water partition coefficient (Wildman–Crippen LogP) is 2.90. The number of benzene rings is 2. The van der Waals surface area contributed by atoms with Crippen LogP contribution < -0.4 is 9.47 Å². The van der Waals surface area contributed by atoms with Crippen molar-refractivity contribution in [1.82, 2.24) is 4.90 Å². The molecule has 6 heteroatoms. The molecule has 2 aromatic rings. The van der Waals surface area contributed by atoms with Crippen molar-refractivity contribution in [2.45, 2.75) is 25.0 Å². The van der Waals surface area contributed by atoms with Crippen molar-refractivity contribution in [2.24, 2.45) is 0 Å². The first-order valence-corrected chi connectivity index (χ1v) is 9.61. The summed E-state index contributed by atoms with van der Waals surface area (Å²) in [7, 11) is 1.66. The average molecular weight is 383 g/mol. The number of nitrogens with zero attached hydrogens (tertiary/aromatic N) is 1. The van der Waals surface area contributed by atoms with Crippen LogP contribution in [0.3, 0.4) is 0 Å². The van der Waals surface area contributed by atoms with Crippen LogP contribution in [-0.4, -0.2) is 56.6 Å². The van der Waals surface area contributed by atoms with Gasteiger partial charge in [-0.25, -0.2) is 0 Å². The second kappa shape index (κ2) is 8.63. The highest BCUT2D eigenvalue weighted by atomic mass is 16.7. The van der Waals surface area contributed by atoms with Gasteiger partial charge >= 0.3 is 0 Å². The lowest BCUT2D eigenvalue weighted by Gasteiger charge is -2.28. The van der Waals surface area contributed by atoms with Crippen molar-refractivity contribution in [3.05, 3.63) is 59.7 Å². The molecule has 0 radical (unpaired) electrons. The zero-order chi connectivity index (χ0) is 19.3. The molecule has 4 rings (SSSR count). The summed E-state index contributed by atoms with van der Waals surface area (Å²) in [6, 6.07) is 15.6. The highest BCUT2D eigenvalue weighted by Crippen LogP contribution is 2.34. The van der Waals surface area contributed by atoms with Gasteiger partial charge in [-0.2, -0.15) is 0 Å². The van der Waals surface area contributed by atoms with E-state index in [0.717, 1.165) is 12.8 Å². The van der Waals surface area contributed by atoms with E-state index in [4.69, 9.17) is 18.9 Å². The Hall–Kier alpha value is -2.57. The molecular weight excluding hydrogens is 358 g/mol. The zero-order valence-electron chi connectivity index (χ0n) is 16.0. The Balaban J connectivity index is 1.54. The summed E-state index contributed by atoms with van der Waals surface area (Å²) in [6.07, 6.45) is 1.57. The minimum Gasteiger partial charge on any atom is -0.454 e. The fourth-order valence-electron chi connectivity index (χ4n) is 3.85. The van der Waals surface area contributed by atoms with E-state index in [2.05, 4.69) is 12.1 Å². The number of carbonyl (C=O) groups is 1. The summed E-state index contributed by atoms with van der Waals surface area (Å²) in [5.41, 5.74) is 1.80. The Morgan fingerprint density at radius 1 is 1.11 bits per heavy atom. The molecule has 2 aromatic carbocycles. The summed E-state index contributed by atoms with van der Waals surface area (Å²) in [6.45, 7) is 1.94. The maximum Gasteiger partial charge on any atom is 0.254 e. The van der Waals surface area contributed by atoms with Crippen LogP contribution in [0.15, 0.2) is 48.5 Å². The quantitative estimate of drug-likeness (QED) is 0.688. The highest BCUT2D eigenvalue weighted by molar-refractivity contribution is 5.95. The first-order chi connectivity index (χ1) is 13.8. The number of fused-ring (bicyclic) bond motifs is 1. The van der Waals surface area contributed by atoms with E-state index in [1.54, 1.807) is 25.3 Å². The first kappa shape index (κ1) is 18.8. The van der Waals surface area contributed by atoms with Crippen LogP contribution in [0, 0.1) is 0 Å². The molecule has 0 N–H and O–H groups in total. The van der Waals surface area contributed by atoms with Gasteiger partial charge in [0.2, 0.25) is 6.79 Å². The van der Waals surface area contributed by atoms with Crippen LogP contribution in [0.5, 0.6) is 11.5 Å². The number of methoxy groups -OCH3 is 1. The smallest absolute Gasteiger partial charge is 0.254 e. The lowest BCUT2D eigenvalue weighted by Crippen LogP contribution is -2.42. The van der Waals surface area contributed by atoms with E-state index in [-0.39, 0.29) is 24.8 Å². The van der Waals surface area contributed by atoms with E-state index in [1.165, 1.54) is 5.56 Å².